The SMILES string of the molecule is CC(C)c1ccc(C(C)C)c(C(C)c2c(C(C)C)ccc(C(C)C)c2C(C)C)c1C(C)C. The lowest BCUT2D eigenvalue weighted by molar-refractivity contribution is 0.703. The van der Waals surface area contributed by atoms with Crippen LogP contribution >= 0.6 is 0 Å². The average molecular weight is 435 g/mol. The maximum atomic E-state index is 2.49. The van der Waals surface area contributed by atoms with Gasteiger partial charge in [0.25, 0.3) is 0 Å². The Bertz CT molecular complexity index is 831. The molecule has 2 aromatic rings. The fourth-order valence-electron chi connectivity index (χ4n) is 5.75. The zero-order valence-corrected chi connectivity index (χ0v) is 23.4. The topological polar surface area (TPSA) is 0 Å². The standard InChI is InChI=1S/C32H50/c1-18(2)25-14-16-27(20(5)6)31(29(25)22(9)10)24(13)32-28(21(7)8)17-15-26(19(3)4)30(32)23(11)12/h14-24H,1-13H3. The largest absolute Gasteiger partial charge is 0.0587 e. The van der Waals surface area contributed by atoms with Crippen LogP contribution in [0, 0.1) is 0 Å². The van der Waals surface area contributed by atoms with Gasteiger partial charge >= 0.3 is 0 Å². The predicted molar refractivity (Wildman–Crippen MR) is 145 cm³/mol. The lowest BCUT2D eigenvalue weighted by atomic mass is 9.71. The zero-order valence-electron chi connectivity index (χ0n) is 23.4. The van der Waals surface area contributed by atoms with Gasteiger partial charge in [-0.1, -0.05) is 114 Å². The Balaban J connectivity index is 3.04. The van der Waals surface area contributed by atoms with E-state index in [9.17, 15) is 0 Å². The van der Waals surface area contributed by atoms with Crippen LogP contribution in [0.2, 0.25) is 0 Å². The maximum absolute atomic E-state index is 2.49. The van der Waals surface area contributed by atoms with Crippen molar-refractivity contribution in [2.24, 2.45) is 0 Å². The van der Waals surface area contributed by atoms with E-state index in [-0.39, 0.29) is 0 Å². The molecule has 32 heavy (non-hydrogen) atoms. The summed E-state index contributed by atoms with van der Waals surface area (Å²) in [7, 11) is 0. The van der Waals surface area contributed by atoms with Crippen molar-refractivity contribution in [3.8, 4) is 0 Å². The van der Waals surface area contributed by atoms with Crippen LogP contribution in [0.1, 0.15) is 176 Å². The van der Waals surface area contributed by atoms with Gasteiger partial charge in [0.05, 0.1) is 0 Å². The summed E-state index contributed by atoms with van der Waals surface area (Å²) in [6, 6.07) is 9.72. The van der Waals surface area contributed by atoms with Crippen LogP contribution in [0.25, 0.3) is 0 Å². The van der Waals surface area contributed by atoms with E-state index in [1.807, 2.05) is 0 Å². The Labute approximate surface area is 200 Å². The second kappa shape index (κ2) is 10.6. The molecule has 0 N–H and O–H groups in total. The summed E-state index contributed by atoms with van der Waals surface area (Å²) < 4.78 is 0. The molecule has 0 aliphatic carbocycles. The van der Waals surface area contributed by atoms with E-state index in [0.29, 0.717) is 41.4 Å². The smallest absolute Gasteiger partial charge is 0.00725 e. The van der Waals surface area contributed by atoms with Crippen LogP contribution in [0.3, 0.4) is 0 Å². The summed E-state index contributed by atoms with van der Waals surface area (Å²) in [6.07, 6.45) is 0. The molecule has 0 amide bonds. The molecule has 0 aromatic heterocycles. The highest BCUT2D eigenvalue weighted by Gasteiger charge is 2.29. The number of benzene rings is 2. The lowest BCUT2D eigenvalue weighted by Gasteiger charge is -2.33. The quantitative estimate of drug-likeness (QED) is 0.387. The molecule has 0 spiro atoms. The highest BCUT2D eigenvalue weighted by atomic mass is 14.3. The molecule has 0 nitrogen and oxygen atoms in total. The van der Waals surface area contributed by atoms with Gasteiger partial charge in [-0.3, -0.25) is 0 Å². The molecule has 0 unspecified atom stereocenters. The first kappa shape index (κ1) is 26.7. The van der Waals surface area contributed by atoms with Crippen molar-refractivity contribution in [3.63, 3.8) is 0 Å². The van der Waals surface area contributed by atoms with Gasteiger partial charge in [-0.15, -0.1) is 0 Å². The normalized spacial score (nSPS) is 12.6. The third-order valence-corrected chi connectivity index (χ3v) is 7.22. The summed E-state index contributed by atoms with van der Waals surface area (Å²) in [4.78, 5) is 0. The van der Waals surface area contributed by atoms with Gasteiger partial charge in [-0.05, 0) is 80.0 Å². The number of hydrogen-bond acceptors (Lipinski definition) is 0. The van der Waals surface area contributed by atoms with Crippen LogP contribution in [0.5, 0.6) is 0 Å². The van der Waals surface area contributed by atoms with Gasteiger partial charge in [-0.2, -0.15) is 0 Å². The molecule has 0 aliphatic rings. The van der Waals surface area contributed by atoms with E-state index in [4.69, 9.17) is 0 Å². The molecule has 178 valence electrons. The highest BCUT2D eigenvalue weighted by molar-refractivity contribution is 5.56. The molecule has 0 fully saturated rings. The van der Waals surface area contributed by atoms with Crippen molar-refractivity contribution in [2.75, 3.05) is 0 Å². The third-order valence-electron chi connectivity index (χ3n) is 7.22. The Morgan fingerprint density at radius 1 is 0.312 bits per heavy atom. The average Bonchev–Trinajstić information content (AvgIpc) is 2.70. The van der Waals surface area contributed by atoms with E-state index in [1.54, 1.807) is 22.3 Å². The summed E-state index contributed by atoms with van der Waals surface area (Å²) in [5.74, 6) is 3.53. The zero-order chi connectivity index (χ0) is 24.5. The molecule has 2 aromatic carbocycles. The Morgan fingerprint density at radius 3 is 0.719 bits per heavy atom. The van der Waals surface area contributed by atoms with Crippen LogP contribution in [0.4, 0.5) is 0 Å². The first-order valence-corrected chi connectivity index (χ1v) is 13.1. The van der Waals surface area contributed by atoms with Gasteiger partial charge in [0.1, 0.15) is 0 Å². The van der Waals surface area contributed by atoms with Crippen molar-refractivity contribution in [3.05, 3.63) is 68.8 Å². The molecule has 0 saturated carbocycles. The van der Waals surface area contributed by atoms with Crippen molar-refractivity contribution in [2.45, 2.75) is 131 Å². The van der Waals surface area contributed by atoms with E-state index in [2.05, 4.69) is 114 Å². The minimum atomic E-state index is 0.386. The molecule has 0 heterocycles. The molecule has 0 saturated heterocycles. The van der Waals surface area contributed by atoms with E-state index in [0.717, 1.165) is 0 Å². The fraction of sp³-hybridized carbons (Fsp3) is 0.625. The monoisotopic (exact) mass is 434 g/mol. The van der Waals surface area contributed by atoms with Crippen molar-refractivity contribution < 1.29 is 0 Å². The van der Waals surface area contributed by atoms with Gasteiger partial charge < -0.3 is 0 Å². The minimum Gasteiger partial charge on any atom is -0.0587 e. The summed E-state index contributed by atoms with van der Waals surface area (Å²) in [5, 5.41) is 0. The fourth-order valence-corrected chi connectivity index (χ4v) is 5.75. The molecule has 2 rings (SSSR count). The molecule has 0 aliphatic heterocycles. The van der Waals surface area contributed by atoms with Crippen LogP contribution in [-0.4, -0.2) is 0 Å². The molecule has 0 bridgehead atoms. The molecular formula is C32H50. The number of hydrogen-bond donors (Lipinski definition) is 0. The second-order valence-corrected chi connectivity index (χ2v) is 11.8. The molecule has 0 radical (unpaired) electrons. The highest BCUT2D eigenvalue weighted by Crippen LogP contribution is 2.45. The van der Waals surface area contributed by atoms with Crippen molar-refractivity contribution >= 4 is 0 Å². The van der Waals surface area contributed by atoms with Gasteiger partial charge in [0.2, 0.25) is 0 Å². The minimum absolute atomic E-state index is 0.386. The summed E-state index contributed by atoms with van der Waals surface area (Å²) in [6.45, 7) is 30.9. The van der Waals surface area contributed by atoms with Crippen molar-refractivity contribution in [1.29, 1.82) is 0 Å². The van der Waals surface area contributed by atoms with Crippen molar-refractivity contribution in [1.82, 2.24) is 0 Å². The Kier molecular flexibility index (Phi) is 8.82. The molecular weight excluding hydrogens is 384 g/mol. The molecule has 0 atom stereocenters. The third kappa shape index (κ3) is 5.16. The summed E-state index contributed by atoms with van der Waals surface area (Å²) >= 11 is 0. The first-order valence-electron chi connectivity index (χ1n) is 13.1. The lowest BCUT2D eigenvalue weighted by Crippen LogP contribution is -2.17. The number of rotatable bonds is 8. The maximum Gasteiger partial charge on any atom is 0.00725 e. The predicted octanol–water partition coefficient (Wildman–Crippen LogP) is 10.6. The van der Waals surface area contributed by atoms with E-state index < -0.39 is 0 Å². The van der Waals surface area contributed by atoms with Gasteiger partial charge in [-0.25, -0.2) is 0 Å². The summed E-state index contributed by atoms with van der Waals surface area (Å²) in [5.41, 5.74) is 12.5. The van der Waals surface area contributed by atoms with Crippen LogP contribution in [0.15, 0.2) is 24.3 Å². The van der Waals surface area contributed by atoms with E-state index >= 15 is 0 Å². The van der Waals surface area contributed by atoms with E-state index in [1.165, 1.54) is 22.3 Å². The van der Waals surface area contributed by atoms with Gasteiger partial charge in [0.15, 0.2) is 0 Å². The van der Waals surface area contributed by atoms with Crippen LogP contribution in [-0.2, 0) is 0 Å². The second-order valence-electron chi connectivity index (χ2n) is 11.8. The molecule has 0 heteroatoms. The van der Waals surface area contributed by atoms with Gasteiger partial charge in [0, 0.05) is 5.92 Å². The Hall–Kier alpha value is -1.56. The first-order chi connectivity index (χ1) is 14.8. The van der Waals surface area contributed by atoms with Crippen LogP contribution < -0.4 is 0 Å². The Morgan fingerprint density at radius 2 is 0.531 bits per heavy atom.